The number of aryl methyl sites for hydroxylation is 1. The van der Waals surface area contributed by atoms with Gasteiger partial charge in [0.15, 0.2) is 5.78 Å². The molecule has 1 aromatic heterocycles. The van der Waals surface area contributed by atoms with Gasteiger partial charge in [-0.05, 0) is 49.2 Å². The van der Waals surface area contributed by atoms with Gasteiger partial charge in [0, 0.05) is 30.0 Å². The topological polar surface area (TPSA) is 59.3 Å². The smallest absolute Gasteiger partial charge is 0.227 e. The van der Waals surface area contributed by atoms with Crippen molar-refractivity contribution in [1.82, 2.24) is 0 Å². The van der Waals surface area contributed by atoms with Gasteiger partial charge in [0.1, 0.15) is 5.76 Å². The van der Waals surface area contributed by atoms with Crippen LogP contribution < -0.4 is 5.32 Å². The molecule has 0 atom stereocenters. The molecule has 4 nitrogen and oxygen atoms in total. The fourth-order valence-corrected chi connectivity index (χ4v) is 2.17. The van der Waals surface area contributed by atoms with Gasteiger partial charge in [-0.15, -0.1) is 0 Å². The molecule has 1 aliphatic carbocycles. The van der Waals surface area contributed by atoms with E-state index in [0.717, 1.165) is 24.3 Å². The molecule has 4 heteroatoms. The first-order valence-electron chi connectivity index (χ1n) is 7.19. The average molecular weight is 283 g/mol. The summed E-state index contributed by atoms with van der Waals surface area (Å²) in [5.74, 6) is 1.15. The number of carbonyl (C=O) groups excluding carboxylic acids is 2. The summed E-state index contributed by atoms with van der Waals surface area (Å²) >= 11 is 0. The normalized spacial score (nSPS) is 13.9. The minimum absolute atomic E-state index is 0.0754. The van der Waals surface area contributed by atoms with Crippen LogP contribution in [0, 0.1) is 5.92 Å². The van der Waals surface area contributed by atoms with Gasteiger partial charge in [-0.2, -0.15) is 0 Å². The number of furan rings is 1. The van der Waals surface area contributed by atoms with E-state index in [9.17, 15) is 9.59 Å². The Bertz CT molecular complexity index is 625. The van der Waals surface area contributed by atoms with Gasteiger partial charge < -0.3 is 9.73 Å². The Kier molecular flexibility index (Phi) is 3.86. The largest absolute Gasteiger partial charge is 0.469 e. The summed E-state index contributed by atoms with van der Waals surface area (Å²) in [5.41, 5.74) is 1.40. The molecule has 1 aromatic carbocycles. The zero-order valence-corrected chi connectivity index (χ0v) is 11.7. The van der Waals surface area contributed by atoms with Crippen molar-refractivity contribution in [2.24, 2.45) is 5.92 Å². The third-order valence-corrected chi connectivity index (χ3v) is 3.60. The summed E-state index contributed by atoms with van der Waals surface area (Å²) < 4.78 is 5.21. The van der Waals surface area contributed by atoms with E-state index in [4.69, 9.17) is 4.42 Å². The average Bonchev–Trinajstić information content (AvgIpc) is 3.23. The number of hydrogen-bond donors (Lipinski definition) is 1. The van der Waals surface area contributed by atoms with Crippen LogP contribution in [0.5, 0.6) is 0 Å². The summed E-state index contributed by atoms with van der Waals surface area (Å²) in [7, 11) is 0. The molecule has 0 bridgehead atoms. The van der Waals surface area contributed by atoms with Gasteiger partial charge in [0.25, 0.3) is 0 Å². The van der Waals surface area contributed by atoms with Crippen LogP contribution in [0.4, 0.5) is 5.69 Å². The minimum Gasteiger partial charge on any atom is -0.469 e. The van der Waals surface area contributed by atoms with Crippen LogP contribution in [-0.4, -0.2) is 11.7 Å². The second kappa shape index (κ2) is 5.95. The zero-order valence-electron chi connectivity index (χ0n) is 11.7. The number of anilines is 1. The lowest BCUT2D eigenvalue weighted by Gasteiger charge is -2.05. The van der Waals surface area contributed by atoms with Gasteiger partial charge in [0.2, 0.25) is 5.91 Å². The van der Waals surface area contributed by atoms with Crippen molar-refractivity contribution in [2.45, 2.75) is 25.7 Å². The first-order chi connectivity index (χ1) is 10.2. The molecule has 2 aromatic rings. The van der Waals surface area contributed by atoms with E-state index in [2.05, 4.69) is 5.32 Å². The van der Waals surface area contributed by atoms with Crippen LogP contribution >= 0.6 is 0 Å². The Morgan fingerprint density at radius 1 is 1.14 bits per heavy atom. The summed E-state index contributed by atoms with van der Waals surface area (Å²) in [6, 6.07) is 10.8. The molecule has 0 saturated heterocycles. The number of hydrogen-bond acceptors (Lipinski definition) is 3. The van der Waals surface area contributed by atoms with Crippen molar-refractivity contribution < 1.29 is 14.0 Å². The maximum atomic E-state index is 12.1. The number of nitrogens with one attached hydrogen (secondary N) is 1. The molecule has 1 fully saturated rings. The van der Waals surface area contributed by atoms with Crippen molar-refractivity contribution in [1.29, 1.82) is 0 Å². The van der Waals surface area contributed by atoms with Gasteiger partial charge in [0.05, 0.1) is 6.26 Å². The highest BCUT2D eigenvalue weighted by atomic mass is 16.3. The third kappa shape index (κ3) is 3.60. The highest BCUT2D eigenvalue weighted by molar-refractivity contribution is 5.97. The second-order valence-electron chi connectivity index (χ2n) is 5.34. The van der Waals surface area contributed by atoms with Crippen LogP contribution in [-0.2, 0) is 11.2 Å². The van der Waals surface area contributed by atoms with Gasteiger partial charge in [-0.25, -0.2) is 0 Å². The molecule has 0 spiro atoms. The van der Waals surface area contributed by atoms with Gasteiger partial charge in [-0.3, -0.25) is 9.59 Å². The molecular formula is C17H17NO3. The molecule has 21 heavy (non-hydrogen) atoms. The number of benzene rings is 1. The number of ketones is 1. The maximum Gasteiger partial charge on any atom is 0.227 e. The summed E-state index contributed by atoms with van der Waals surface area (Å²) in [6.07, 6.45) is 4.59. The van der Waals surface area contributed by atoms with Crippen molar-refractivity contribution >= 4 is 17.4 Å². The fraction of sp³-hybridized carbons (Fsp3) is 0.294. The molecule has 1 aliphatic rings. The van der Waals surface area contributed by atoms with Crippen molar-refractivity contribution in [3.8, 4) is 0 Å². The second-order valence-corrected chi connectivity index (χ2v) is 5.34. The van der Waals surface area contributed by atoms with E-state index < -0.39 is 0 Å². The lowest BCUT2D eigenvalue weighted by Crippen LogP contribution is -2.13. The van der Waals surface area contributed by atoms with Gasteiger partial charge >= 0.3 is 0 Å². The van der Waals surface area contributed by atoms with E-state index in [-0.39, 0.29) is 17.6 Å². The molecule has 108 valence electrons. The van der Waals surface area contributed by atoms with Crippen LogP contribution in [0.25, 0.3) is 0 Å². The molecule has 0 unspecified atom stereocenters. The fourth-order valence-electron chi connectivity index (χ4n) is 2.17. The lowest BCUT2D eigenvalue weighted by molar-refractivity contribution is -0.117. The number of Topliss-reactive ketones (excluding diaryl/α,β-unsaturated/α-hetero) is 1. The Morgan fingerprint density at radius 3 is 2.52 bits per heavy atom. The quantitative estimate of drug-likeness (QED) is 0.826. The first kappa shape index (κ1) is 13.6. The summed E-state index contributed by atoms with van der Waals surface area (Å²) in [6.45, 7) is 0. The zero-order chi connectivity index (χ0) is 14.7. The monoisotopic (exact) mass is 283 g/mol. The Morgan fingerprint density at radius 2 is 1.90 bits per heavy atom. The molecule has 1 amide bonds. The summed E-state index contributed by atoms with van der Waals surface area (Å²) in [5, 5.41) is 2.86. The van der Waals surface area contributed by atoms with Crippen molar-refractivity contribution in [2.75, 3.05) is 5.32 Å². The number of amides is 1. The predicted molar refractivity (Wildman–Crippen MR) is 79.2 cm³/mol. The Hall–Kier alpha value is -2.36. The van der Waals surface area contributed by atoms with Crippen LogP contribution in [0.2, 0.25) is 0 Å². The number of rotatable bonds is 6. The molecule has 0 aliphatic heterocycles. The van der Waals surface area contributed by atoms with Crippen LogP contribution in [0.15, 0.2) is 47.1 Å². The van der Waals surface area contributed by atoms with Crippen molar-refractivity contribution in [3.63, 3.8) is 0 Å². The van der Waals surface area contributed by atoms with E-state index in [1.165, 1.54) is 0 Å². The highest BCUT2D eigenvalue weighted by Gasteiger charge is 2.29. The van der Waals surface area contributed by atoms with E-state index in [1.807, 2.05) is 12.1 Å². The molecule has 0 radical (unpaired) electrons. The maximum absolute atomic E-state index is 12.1. The molecule has 1 heterocycles. The van der Waals surface area contributed by atoms with Crippen molar-refractivity contribution in [3.05, 3.63) is 54.0 Å². The Labute approximate surface area is 123 Å². The van der Waals surface area contributed by atoms with E-state index in [1.54, 1.807) is 30.5 Å². The first-order valence-corrected chi connectivity index (χ1v) is 7.19. The van der Waals surface area contributed by atoms with Crippen LogP contribution in [0.1, 0.15) is 35.4 Å². The molecular weight excluding hydrogens is 266 g/mol. The molecule has 1 N–H and O–H groups in total. The third-order valence-electron chi connectivity index (χ3n) is 3.60. The predicted octanol–water partition coefficient (Wildman–Crippen LogP) is 3.44. The van der Waals surface area contributed by atoms with Gasteiger partial charge in [-0.1, -0.05) is 0 Å². The minimum atomic E-state index is 0.0754. The van der Waals surface area contributed by atoms with E-state index >= 15 is 0 Å². The number of carbonyl (C=O) groups is 2. The Balaban J connectivity index is 1.55. The molecule has 1 saturated carbocycles. The van der Waals surface area contributed by atoms with E-state index in [0.29, 0.717) is 18.4 Å². The van der Waals surface area contributed by atoms with Crippen LogP contribution in [0.3, 0.4) is 0 Å². The highest BCUT2D eigenvalue weighted by Crippen LogP contribution is 2.30. The molecule has 3 rings (SSSR count). The standard InChI is InChI=1S/C17H17NO3/c19-16(10-9-15-2-1-11-21-15)12-5-7-14(8-6-12)18-17(20)13-3-4-13/h1-2,5-8,11,13H,3-4,9-10H2,(H,18,20). The summed E-state index contributed by atoms with van der Waals surface area (Å²) in [4.78, 5) is 23.7. The lowest BCUT2D eigenvalue weighted by atomic mass is 10.1. The SMILES string of the molecule is O=C(CCc1ccco1)c1ccc(NC(=O)C2CC2)cc1.